The highest BCUT2D eigenvalue weighted by atomic mass is 19.4. The van der Waals surface area contributed by atoms with Gasteiger partial charge in [-0.2, -0.15) is 13.2 Å². The van der Waals surface area contributed by atoms with E-state index < -0.39 is 18.1 Å². The predicted molar refractivity (Wildman–Crippen MR) is 137 cm³/mol. The molecule has 3 aromatic rings. The molecule has 3 heterocycles. The number of piperidine rings is 1. The number of hydroxylamine groups is 1. The minimum absolute atomic E-state index is 0.239. The van der Waals surface area contributed by atoms with E-state index in [1.807, 2.05) is 12.4 Å². The van der Waals surface area contributed by atoms with Gasteiger partial charge in [0.15, 0.2) is 0 Å². The molecule has 2 aromatic heterocycles. The van der Waals surface area contributed by atoms with Crippen molar-refractivity contribution in [2.75, 3.05) is 24.5 Å². The van der Waals surface area contributed by atoms with Crippen molar-refractivity contribution in [2.24, 2.45) is 5.92 Å². The number of hydrogen-bond acceptors (Lipinski definition) is 9. The second-order valence-corrected chi connectivity index (χ2v) is 9.55. The smallest absolute Gasteiger partial charge is 0.475 e. The van der Waals surface area contributed by atoms with Gasteiger partial charge in [-0.1, -0.05) is 24.3 Å². The van der Waals surface area contributed by atoms with Gasteiger partial charge < -0.3 is 15.3 Å². The Kier molecular flexibility index (Phi) is 9.22. The summed E-state index contributed by atoms with van der Waals surface area (Å²) in [7, 11) is 0. The largest absolute Gasteiger partial charge is 0.490 e. The average molecular weight is 560 g/mol. The lowest BCUT2D eigenvalue weighted by molar-refractivity contribution is -0.192. The highest BCUT2D eigenvalue weighted by molar-refractivity contribution is 5.92. The van der Waals surface area contributed by atoms with Crippen molar-refractivity contribution >= 4 is 17.8 Å². The monoisotopic (exact) mass is 559 g/mol. The van der Waals surface area contributed by atoms with Crippen molar-refractivity contribution < 1.29 is 33.1 Å². The number of alkyl halides is 3. The van der Waals surface area contributed by atoms with E-state index in [1.165, 1.54) is 24.4 Å². The number of anilines is 1. The number of halogens is 3. The Labute approximate surface area is 227 Å². The molecule has 1 saturated carbocycles. The molecule has 2 atom stereocenters. The molecule has 1 aromatic carbocycles. The first-order chi connectivity index (χ1) is 19.2. The zero-order valence-electron chi connectivity index (χ0n) is 21.3. The van der Waals surface area contributed by atoms with Gasteiger partial charge in [0.2, 0.25) is 5.95 Å². The number of rotatable bonds is 7. The van der Waals surface area contributed by atoms with Crippen LogP contribution in [0.1, 0.15) is 41.1 Å². The Balaban J connectivity index is 0.000000470. The summed E-state index contributed by atoms with van der Waals surface area (Å²) in [6, 6.07) is 9.32. The molecule has 11 nitrogen and oxygen atoms in total. The lowest BCUT2D eigenvalue weighted by Crippen LogP contribution is -2.38. The molecule has 1 aliphatic heterocycles. The number of nitrogens with zero attached hydrogens (tertiary/aromatic N) is 5. The molecule has 5 rings (SSSR count). The normalized spacial score (nSPS) is 18.9. The fraction of sp³-hybridized carbons (Fsp3) is 0.385. The van der Waals surface area contributed by atoms with Crippen molar-refractivity contribution in [2.45, 2.75) is 37.4 Å². The zero-order chi connectivity index (χ0) is 28.7. The van der Waals surface area contributed by atoms with Crippen molar-refractivity contribution in [3.63, 3.8) is 0 Å². The number of benzene rings is 1. The van der Waals surface area contributed by atoms with Crippen LogP contribution < -0.4 is 15.7 Å². The Morgan fingerprint density at radius 3 is 2.12 bits per heavy atom. The molecule has 1 amide bonds. The van der Waals surface area contributed by atoms with Gasteiger partial charge in [-0.3, -0.25) is 10.0 Å². The summed E-state index contributed by atoms with van der Waals surface area (Å²) >= 11 is 0. The van der Waals surface area contributed by atoms with Crippen LogP contribution in [0.2, 0.25) is 0 Å². The number of carbonyl (C=O) groups is 2. The van der Waals surface area contributed by atoms with Crippen LogP contribution in [0.15, 0.2) is 55.4 Å². The van der Waals surface area contributed by atoms with Gasteiger partial charge in [0.05, 0.1) is 5.56 Å². The van der Waals surface area contributed by atoms with Crippen LogP contribution in [0.25, 0.3) is 11.1 Å². The van der Waals surface area contributed by atoms with E-state index in [1.54, 1.807) is 11.8 Å². The van der Waals surface area contributed by atoms with Crippen molar-refractivity contribution in [1.82, 2.24) is 30.7 Å². The summed E-state index contributed by atoms with van der Waals surface area (Å²) in [6.45, 7) is 2.83. The maximum Gasteiger partial charge on any atom is 0.490 e. The van der Waals surface area contributed by atoms with E-state index in [0.29, 0.717) is 23.8 Å². The Hall–Kier alpha value is -4.17. The molecule has 14 heteroatoms. The molecule has 0 radical (unpaired) electrons. The van der Waals surface area contributed by atoms with Crippen LogP contribution in [0.3, 0.4) is 0 Å². The van der Waals surface area contributed by atoms with E-state index in [4.69, 9.17) is 15.1 Å². The number of carbonyl (C=O) groups excluding carboxylic acids is 1. The first kappa shape index (κ1) is 28.8. The summed E-state index contributed by atoms with van der Waals surface area (Å²) < 4.78 is 31.7. The minimum Gasteiger partial charge on any atom is -0.475 e. The molecule has 212 valence electrons. The van der Waals surface area contributed by atoms with E-state index in [0.717, 1.165) is 43.6 Å². The maximum atomic E-state index is 11.4. The van der Waals surface area contributed by atoms with Gasteiger partial charge in [-0.25, -0.2) is 30.2 Å². The van der Waals surface area contributed by atoms with Crippen molar-refractivity contribution in [3.05, 3.63) is 66.5 Å². The number of carboxylic acids is 1. The molecule has 0 bridgehead atoms. The highest BCUT2D eigenvalue weighted by Gasteiger charge is 2.39. The standard InChI is InChI=1S/C24H27N7O2.C2HF3O2/c32-23(30-33)20-13-28-24(29-14-20)31-7-5-16(6-8-31)10-27-22-9-21(22)18-3-1-17(2-4-18)19-11-25-15-26-12-19;3-2(4,5)1(6)7/h1-4,11-16,21-22,27,33H,5-10H2,(H,30,32);(H,6,7). The molecule has 40 heavy (non-hydrogen) atoms. The molecule has 1 aliphatic carbocycles. The third-order valence-electron chi connectivity index (χ3n) is 6.83. The van der Waals surface area contributed by atoms with Gasteiger partial charge in [0.1, 0.15) is 6.33 Å². The van der Waals surface area contributed by atoms with Gasteiger partial charge in [0.25, 0.3) is 5.91 Å². The Bertz CT molecular complexity index is 1270. The molecule has 4 N–H and O–H groups in total. The van der Waals surface area contributed by atoms with Crippen LogP contribution >= 0.6 is 0 Å². The fourth-order valence-corrected chi connectivity index (χ4v) is 4.48. The van der Waals surface area contributed by atoms with Crippen LogP contribution in [0.4, 0.5) is 19.1 Å². The number of amides is 1. The Morgan fingerprint density at radius 1 is 0.975 bits per heavy atom. The van der Waals surface area contributed by atoms with E-state index in [2.05, 4.69) is 54.4 Å². The number of carboxylic acid groups (broad SMARTS) is 1. The maximum absolute atomic E-state index is 11.4. The molecule has 2 unspecified atom stereocenters. The van der Waals surface area contributed by atoms with E-state index in [9.17, 15) is 18.0 Å². The molecule has 2 fully saturated rings. The summed E-state index contributed by atoms with van der Waals surface area (Å²) in [4.78, 5) is 39.2. The van der Waals surface area contributed by atoms with Crippen LogP contribution in [-0.2, 0) is 4.79 Å². The van der Waals surface area contributed by atoms with E-state index >= 15 is 0 Å². The quantitative estimate of drug-likeness (QED) is 0.251. The minimum atomic E-state index is -5.08. The second-order valence-electron chi connectivity index (χ2n) is 9.55. The molecule has 2 aliphatic rings. The van der Waals surface area contributed by atoms with Crippen LogP contribution in [-0.4, -0.2) is 74.0 Å². The average Bonchev–Trinajstić information content (AvgIpc) is 3.76. The SMILES string of the molecule is O=C(NO)c1cnc(N2CCC(CNC3CC3c3ccc(-c4cncnc4)cc3)CC2)nc1.O=C(O)C(F)(F)F. The summed E-state index contributed by atoms with van der Waals surface area (Å²) in [5, 5.41) is 19.6. The fourth-order valence-electron chi connectivity index (χ4n) is 4.48. The summed E-state index contributed by atoms with van der Waals surface area (Å²) in [5.74, 6) is -1.50. The first-order valence-electron chi connectivity index (χ1n) is 12.6. The topological polar surface area (TPSA) is 153 Å². The van der Waals surface area contributed by atoms with Crippen LogP contribution in [0.5, 0.6) is 0 Å². The van der Waals surface area contributed by atoms with Gasteiger partial charge >= 0.3 is 12.1 Å². The predicted octanol–water partition coefficient (Wildman–Crippen LogP) is 3.05. The van der Waals surface area contributed by atoms with Crippen molar-refractivity contribution in [1.29, 1.82) is 0 Å². The molecular formula is C26H28F3N7O4. The number of aromatic nitrogens is 4. The first-order valence-corrected chi connectivity index (χ1v) is 12.6. The van der Waals surface area contributed by atoms with Gasteiger partial charge in [-0.15, -0.1) is 0 Å². The zero-order valence-corrected chi connectivity index (χ0v) is 21.3. The summed E-state index contributed by atoms with van der Waals surface area (Å²) in [5.41, 5.74) is 5.40. The molecule has 1 saturated heterocycles. The number of nitrogens with one attached hydrogen (secondary N) is 2. The second kappa shape index (κ2) is 12.8. The third-order valence-corrected chi connectivity index (χ3v) is 6.83. The summed E-state index contributed by atoms with van der Waals surface area (Å²) in [6.07, 6.45) is 6.38. The highest BCUT2D eigenvalue weighted by Crippen LogP contribution is 2.41. The van der Waals surface area contributed by atoms with Gasteiger partial charge in [0, 0.05) is 55.4 Å². The van der Waals surface area contributed by atoms with Gasteiger partial charge in [-0.05, 0) is 42.9 Å². The van der Waals surface area contributed by atoms with E-state index in [-0.39, 0.29) is 5.56 Å². The molecular weight excluding hydrogens is 531 g/mol. The number of hydrogen-bond donors (Lipinski definition) is 4. The molecule has 0 spiro atoms. The number of aliphatic carboxylic acids is 1. The Morgan fingerprint density at radius 2 is 1.57 bits per heavy atom. The third kappa shape index (κ3) is 7.70. The van der Waals surface area contributed by atoms with Crippen LogP contribution in [0, 0.1) is 5.92 Å². The lowest BCUT2D eigenvalue weighted by Gasteiger charge is -2.32. The van der Waals surface area contributed by atoms with Crippen molar-refractivity contribution in [3.8, 4) is 11.1 Å². The lowest BCUT2D eigenvalue weighted by atomic mass is 9.97.